The first-order valence-corrected chi connectivity index (χ1v) is 12.3. The van der Waals surface area contributed by atoms with Crippen LogP contribution in [0.15, 0.2) is 66.7 Å². The molecule has 4 rings (SSSR count). The number of fused-ring (bicyclic) bond motifs is 1. The predicted octanol–water partition coefficient (Wildman–Crippen LogP) is 4.99. The molecule has 0 bridgehead atoms. The Labute approximate surface area is 217 Å². The Morgan fingerprint density at radius 2 is 1.73 bits per heavy atom. The second-order valence-corrected chi connectivity index (χ2v) is 8.77. The largest absolute Gasteiger partial charge is 0.497 e. The summed E-state index contributed by atoms with van der Waals surface area (Å²) in [4.78, 5) is 27.0. The number of carbonyl (C=O) groups is 2. The fourth-order valence-corrected chi connectivity index (χ4v) is 3.99. The molecule has 1 aliphatic rings. The highest BCUT2D eigenvalue weighted by molar-refractivity contribution is 6.01. The molecule has 0 fully saturated rings. The first kappa shape index (κ1) is 25.9. The molecule has 8 nitrogen and oxygen atoms in total. The van der Waals surface area contributed by atoms with Crippen LogP contribution < -0.4 is 29.2 Å². The molecule has 0 saturated heterocycles. The number of hydrogen-bond donors (Lipinski definition) is 1. The maximum absolute atomic E-state index is 12.9. The summed E-state index contributed by atoms with van der Waals surface area (Å²) < 4.78 is 22.5. The molecule has 3 aromatic rings. The number of anilines is 2. The van der Waals surface area contributed by atoms with E-state index in [-0.39, 0.29) is 11.8 Å². The number of carbonyl (C=O) groups excluding carboxylic acids is 2. The van der Waals surface area contributed by atoms with Crippen LogP contribution in [0.2, 0.25) is 0 Å². The SMILES string of the molecule is COc1ccc(OCCCC(=O)Nc2ccc3c(c2)N(CCOc2cccc(C)c2)C(=O)C(C)O3)cc1. The summed E-state index contributed by atoms with van der Waals surface area (Å²) in [5, 5.41) is 2.90. The highest BCUT2D eigenvalue weighted by atomic mass is 16.5. The Kier molecular flexibility index (Phi) is 8.51. The molecule has 0 radical (unpaired) electrons. The molecule has 194 valence electrons. The molecule has 1 unspecified atom stereocenters. The van der Waals surface area contributed by atoms with Crippen molar-refractivity contribution in [2.24, 2.45) is 0 Å². The summed E-state index contributed by atoms with van der Waals surface area (Å²) in [7, 11) is 1.61. The van der Waals surface area contributed by atoms with Gasteiger partial charge in [-0.25, -0.2) is 0 Å². The van der Waals surface area contributed by atoms with Crippen LogP contribution in [0.5, 0.6) is 23.0 Å². The number of amides is 2. The Balaban J connectivity index is 1.31. The number of rotatable bonds is 11. The van der Waals surface area contributed by atoms with E-state index in [1.807, 2.05) is 55.5 Å². The van der Waals surface area contributed by atoms with Crippen molar-refractivity contribution in [1.29, 1.82) is 0 Å². The van der Waals surface area contributed by atoms with Gasteiger partial charge in [0.05, 0.1) is 25.9 Å². The zero-order valence-electron chi connectivity index (χ0n) is 21.4. The Morgan fingerprint density at radius 1 is 0.973 bits per heavy atom. The molecule has 0 saturated carbocycles. The first-order chi connectivity index (χ1) is 17.9. The normalized spacial score (nSPS) is 14.4. The molecule has 8 heteroatoms. The van der Waals surface area contributed by atoms with Crippen molar-refractivity contribution in [3.05, 3.63) is 72.3 Å². The monoisotopic (exact) mass is 504 g/mol. The third kappa shape index (κ3) is 6.94. The van der Waals surface area contributed by atoms with E-state index in [1.165, 1.54) is 0 Å². The van der Waals surface area contributed by atoms with Crippen LogP contribution in [0.3, 0.4) is 0 Å². The second kappa shape index (κ2) is 12.2. The molecule has 0 aliphatic carbocycles. The van der Waals surface area contributed by atoms with E-state index in [1.54, 1.807) is 37.1 Å². The fraction of sp³-hybridized carbons (Fsp3) is 0.310. The Morgan fingerprint density at radius 3 is 2.49 bits per heavy atom. The molecule has 1 N–H and O–H groups in total. The molecule has 37 heavy (non-hydrogen) atoms. The van der Waals surface area contributed by atoms with Crippen molar-refractivity contribution < 1.29 is 28.5 Å². The van der Waals surface area contributed by atoms with Crippen molar-refractivity contribution in [3.63, 3.8) is 0 Å². The maximum Gasteiger partial charge on any atom is 0.267 e. The molecular formula is C29H32N2O6. The van der Waals surface area contributed by atoms with Crippen LogP contribution in [0.25, 0.3) is 0 Å². The van der Waals surface area contributed by atoms with Gasteiger partial charge in [-0.3, -0.25) is 9.59 Å². The van der Waals surface area contributed by atoms with Gasteiger partial charge in [0.2, 0.25) is 5.91 Å². The van der Waals surface area contributed by atoms with Gasteiger partial charge in [-0.05, 0) is 80.4 Å². The van der Waals surface area contributed by atoms with Crippen LogP contribution in [0.4, 0.5) is 11.4 Å². The van der Waals surface area contributed by atoms with Crippen molar-refractivity contribution in [1.82, 2.24) is 0 Å². The third-order valence-corrected chi connectivity index (χ3v) is 5.90. The highest BCUT2D eigenvalue weighted by Crippen LogP contribution is 2.36. The van der Waals surface area contributed by atoms with E-state index in [2.05, 4.69) is 5.32 Å². The summed E-state index contributed by atoms with van der Waals surface area (Å²) >= 11 is 0. The van der Waals surface area contributed by atoms with E-state index >= 15 is 0 Å². The summed E-state index contributed by atoms with van der Waals surface area (Å²) in [6, 6.07) is 20.4. The number of methoxy groups -OCH3 is 1. The van der Waals surface area contributed by atoms with Crippen molar-refractivity contribution in [2.45, 2.75) is 32.8 Å². The van der Waals surface area contributed by atoms with Crippen LogP contribution in [-0.2, 0) is 9.59 Å². The third-order valence-electron chi connectivity index (χ3n) is 5.90. The van der Waals surface area contributed by atoms with Gasteiger partial charge in [-0.2, -0.15) is 0 Å². The molecule has 2 amide bonds. The van der Waals surface area contributed by atoms with Crippen molar-refractivity contribution >= 4 is 23.2 Å². The molecule has 1 atom stereocenters. The number of benzene rings is 3. The summed E-state index contributed by atoms with van der Waals surface area (Å²) in [5.41, 5.74) is 2.30. The van der Waals surface area contributed by atoms with Crippen LogP contribution in [0, 0.1) is 6.92 Å². The Hall–Kier alpha value is -4.20. The molecule has 3 aromatic carbocycles. The highest BCUT2D eigenvalue weighted by Gasteiger charge is 2.31. The van der Waals surface area contributed by atoms with Crippen LogP contribution in [-0.4, -0.2) is 44.8 Å². The number of nitrogens with one attached hydrogen (secondary N) is 1. The van der Waals surface area contributed by atoms with E-state index in [9.17, 15) is 9.59 Å². The van der Waals surface area contributed by atoms with Gasteiger partial charge in [0.25, 0.3) is 5.91 Å². The molecule has 1 heterocycles. The summed E-state index contributed by atoms with van der Waals surface area (Å²) in [6.45, 7) is 4.82. The minimum absolute atomic E-state index is 0.135. The van der Waals surface area contributed by atoms with Crippen LogP contribution in [0.1, 0.15) is 25.3 Å². The average molecular weight is 505 g/mol. The number of aryl methyl sites for hydroxylation is 1. The zero-order valence-corrected chi connectivity index (χ0v) is 21.4. The first-order valence-electron chi connectivity index (χ1n) is 12.3. The van der Waals surface area contributed by atoms with Crippen molar-refractivity contribution in [2.75, 3.05) is 37.1 Å². The number of ether oxygens (including phenoxy) is 4. The van der Waals surface area contributed by atoms with Gasteiger partial charge in [0.15, 0.2) is 6.10 Å². The molecular weight excluding hydrogens is 472 g/mol. The number of hydrogen-bond acceptors (Lipinski definition) is 6. The maximum atomic E-state index is 12.9. The smallest absolute Gasteiger partial charge is 0.267 e. The average Bonchev–Trinajstić information content (AvgIpc) is 2.89. The van der Waals surface area contributed by atoms with Crippen molar-refractivity contribution in [3.8, 4) is 23.0 Å². The second-order valence-electron chi connectivity index (χ2n) is 8.77. The zero-order chi connectivity index (χ0) is 26.2. The standard InChI is InChI=1S/C29H32N2O6/c1-20-6-4-7-25(18-20)36-17-15-31-26-19-22(9-14-27(26)37-21(2)29(31)33)30-28(32)8-5-16-35-24-12-10-23(34-3)11-13-24/h4,6-7,9-14,18-19,21H,5,8,15-17H2,1-3H3,(H,30,32). The van der Waals surface area contributed by atoms with Gasteiger partial charge in [-0.15, -0.1) is 0 Å². The molecule has 0 spiro atoms. The fourth-order valence-electron chi connectivity index (χ4n) is 3.99. The van der Waals surface area contributed by atoms with E-state index in [0.29, 0.717) is 49.7 Å². The lowest BCUT2D eigenvalue weighted by Gasteiger charge is -2.33. The van der Waals surface area contributed by atoms with Gasteiger partial charge >= 0.3 is 0 Å². The van der Waals surface area contributed by atoms with Gasteiger partial charge in [0.1, 0.15) is 29.6 Å². The summed E-state index contributed by atoms with van der Waals surface area (Å²) in [5.74, 6) is 2.54. The van der Waals surface area contributed by atoms with E-state index < -0.39 is 6.10 Å². The topological polar surface area (TPSA) is 86.3 Å². The van der Waals surface area contributed by atoms with Gasteiger partial charge in [0, 0.05) is 12.1 Å². The molecule has 1 aliphatic heterocycles. The predicted molar refractivity (Wildman–Crippen MR) is 142 cm³/mol. The quantitative estimate of drug-likeness (QED) is 0.370. The summed E-state index contributed by atoms with van der Waals surface area (Å²) in [6.07, 6.45) is 0.260. The van der Waals surface area contributed by atoms with Crippen LogP contribution >= 0.6 is 0 Å². The van der Waals surface area contributed by atoms with E-state index in [4.69, 9.17) is 18.9 Å². The lowest BCUT2D eigenvalue weighted by Crippen LogP contribution is -2.46. The van der Waals surface area contributed by atoms with Gasteiger partial charge < -0.3 is 29.2 Å². The van der Waals surface area contributed by atoms with E-state index in [0.717, 1.165) is 22.8 Å². The lowest BCUT2D eigenvalue weighted by molar-refractivity contribution is -0.125. The minimum atomic E-state index is -0.599. The molecule has 0 aromatic heterocycles. The Bertz CT molecular complexity index is 1230. The van der Waals surface area contributed by atoms with Gasteiger partial charge in [-0.1, -0.05) is 12.1 Å². The number of nitrogens with zero attached hydrogens (tertiary/aromatic N) is 1. The minimum Gasteiger partial charge on any atom is -0.497 e. The lowest BCUT2D eigenvalue weighted by atomic mass is 10.1.